The second kappa shape index (κ2) is 23.7. The van der Waals surface area contributed by atoms with E-state index in [0.29, 0.717) is 11.1 Å². The monoisotopic (exact) mass is 782 g/mol. The number of nitrogens with zero attached hydrogens (tertiary/aromatic N) is 2. The van der Waals surface area contributed by atoms with Crippen molar-refractivity contribution in [2.75, 3.05) is 0 Å². The molecule has 0 saturated carbocycles. The zero-order chi connectivity index (χ0) is 40.1. The van der Waals surface area contributed by atoms with Gasteiger partial charge in [0.2, 0.25) is 0 Å². The fourth-order valence-corrected chi connectivity index (χ4v) is 6.53. The fraction of sp³-hybridized carbons (Fsp3) is 0.320. The Bertz CT molecular complexity index is 2040. The van der Waals surface area contributed by atoms with Gasteiger partial charge in [-0.1, -0.05) is 138 Å². The highest BCUT2D eigenvalue weighted by atomic mass is 35.5. The number of hydrogen-bond acceptors (Lipinski definition) is 6. The lowest BCUT2D eigenvalue weighted by Gasteiger charge is -2.10. The first-order chi connectivity index (χ1) is 27.9. The third-order valence-corrected chi connectivity index (χ3v) is 10.2. The number of halogens is 1. The fourth-order valence-electron chi connectivity index (χ4n) is 6.38. The van der Waals surface area contributed by atoms with E-state index in [9.17, 15) is 9.59 Å². The molecule has 0 unspecified atom stereocenters. The normalized spacial score (nSPS) is 11.4. The lowest BCUT2D eigenvalue weighted by atomic mass is 10.0. The Hall–Kier alpha value is -5.33. The minimum absolute atomic E-state index is 0.0829. The molecule has 0 saturated heterocycles. The standard InChI is InChI=1S/C50H55ClN2O4/c1-3-5-7-9-11-13-15-38-21-29-44(30-22-38)52-36-40-17-25-42(26-18-40)49(54)56-46-33-34-47(51)48(35-46)57-50(55)43-27-19-41(20-28-43)37-53-45-31-23-39(24-32-45)16-14-12-10-8-6-4-2/h17-37H,3-16H2,1-2H3. The van der Waals surface area contributed by atoms with E-state index in [-0.39, 0.29) is 16.5 Å². The van der Waals surface area contributed by atoms with Crippen LogP contribution in [0.4, 0.5) is 11.4 Å². The van der Waals surface area contributed by atoms with Crippen molar-refractivity contribution in [1.82, 2.24) is 0 Å². The molecule has 0 bridgehead atoms. The van der Waals surface area contributed by atoms with E-state index in [1.165, 1.54) is 100 Å². The molecule has 0 atom stereocenters. The highest BCUT2D eigenvalue weighted by Gasteiger charge is 2.15. The maximum atomic E-state index is 13.0. The van der Waals surface area contributed by atoms with Gasteiger partial charge < -0.3 is 9.47 Å². The SMILES string of the molecule is CCCCCCCCc1ccc(N=Cc2ccc(C(=O)Oc3ccc(Cl)c(OC(=O)c4ccc(C=Nc5ccc(CCCCCCCC)cc5)cc4)c3)cc2)cc1. The predicted molar refractivity (Wildman–Crippen MR) is 236 cm³/mol. The van der Waals surface area contributed by atoms with Gasteiger partial charge in [-0.3, -0.25) is 9.98 Å². The molecule has 7 heteroatoms. The molecular formula is C50H55ClN2O4. The van der Waals surface area contributed by atoms with Crippen molar-refractivity contribution >= 4 is 47.3 Å². The second-order valence-corrected chi connectivity index (χ2v) is 14.9. The number of aliphatic imine (C=N–C) groups is 2. The van der Waals surface area contributed by atoms with Crippen LogP contribution in [0, 0.1) is 0 Å². The summed E-state index contributed by atoms with van der Waals surface area (Å²) in [7, 11) is 0. The molecule has 6 nitrogen and oxygen atoms in total. The summed E-state index contributed by atoms with van der Waals surface area (Å²) < 4.78 is 11.2. The van der Waals surface area contributed by atoms with Crippen molar-refractivity contribution in [2.45, 2.75) is 104 Å². The number of hydrogen-bond donors (Lipinski definition) is 0. The van der Waals surface area contributed by atoms with Gasteiger partial charge in [0.1, 0.15) is 5.75 Å². The van der Waals surface area contributed by atoms with Gasteiger partial charge in [-0.15, -0.1) is 0 Å². The van der Waals surface area contributed by atoms with E-state index in [1.54, 1.807) is 54.9 Å². The summed E-state index contributed by atoms with van der Waals surface area (Å²) in [6.45, 7) is 4.49. The van der Waals surface area contributed by atoms with E-state index < -0.39 is 11.9 Å². The van der Waals surface area contributed by atoms with Crippen molar-refractivity contribution in [3.63, 3.8) is 0 Å². The Kier molecular flexibility index (Phi) is 17.8. The second-order valence-electron chi connectivity index (χ2n) is 14.5. The molecule has 0 aromatic heterocycles. The van der Waals surface area contributed by atoms with Gasteiger partial charge in [0.05, 0.1) is 27.5 Å². The number of benzene rings is 5. The highest BCUT2D eigenvalue weighted by Crippen LogP contribution is 2.30. The molecule has 0 spiro atoms. The average molecular weight is 783 g/mol. The van der Waals surface area contributed by atoms with Crippen molar-refractivity contribution in [3.05, 3.63) is 154 Å². The number of esters is 2. The molecule has 296 valence electrons. The molecule has 0 aliphatic rings. The van der Waals surface area contributed by atoms with Crippen LogP contribution in [0.15, 0.2) is 125 Å². The van der Waals surface area contributed by atoms with Gasteiger partial charge >= 0.3 is 11.9 Å². The summed E-state index contributed by atoms with van der Waals surface area (Å²) >= 11 is 6.35. The maximum absolute atomic E-state index is 13.0. The van der Waals surface area contributed by atoms with Crippen LogP contribution in [0.25, 0.3) is 0 Å². The van der Waals surface area contributed by atoms with Gasteiger partial charge in [0, 0.05) is 18.5 Å². The molecule has 0 N–H and O–H groups in total. The van der Waals surface area contributed by atoms with E-state index in [2.05, 4.69) is 48.1 Å². The van der Waals surface area contributed by atoms with Crippen LogP contribution in [0.2, 0.25) is 5.02 Å². The van der Waals surface area contributed by atoms with E-state index in [1.807, 2.05) is 36.4 Å². The van der Waals surface area contributed by atoms with Gasteiger partial charge in [-0.2, -0.15) is 0 Å². The molecule has 5 rings (SSSR count). The molecule has 0 heterocycles. The number of carbonyl (C=O) groups excluding carboxylic acids is 2. The quantitative estimate of drug-likeness (QED) is 0.0303. The maximum Gasteiger partial charge on any atom is 0.343 e. The smallest absolute Gasteiger partial charge is 0.343 e. The van der Waals surface area contributed by atoms with Gasteiger partial charge in [-0.05, 0) is 109 Å². The Balaban J connectivity index is 1.07. The Morgan fingerprint density at radius 1 is 0.509 bits per heavy atom. The molecule has 57 heavy (non-hydrogen) atoms. The van der Waals surface area contributed by atoms with E-state index in [0.717, 1.165) is 35.3 Å². The first-order valence-electron chi connectivity index (χ1n) is 20.6. The zero-order valence-electron chi connectivity index (χ0n) is 33.4. The summed E-state index contributed by atoms with van der Waals surface area (Å²) in [6, 6.07) is 35.2. The number of aryl methyl sites for hydroxylation is 2. The van der Waals surface area contributed by atoms with Crippen LogP contribution >= 0.6 is 11.6 Å². The van der Waals surface area contributed by atoms with Crippen LogP contribution in [0.1, 0.15) is 134 Å². The van der Waals surface area contributed by atoms with Crippen molar-refractivity contribution in [3.8, 4) is 11.5 Å². The van der Waals surface area contributed by atoms with Crippen LogP contribution in [-0.2, 0) is 12.8 Å². The third kappa shape index (κ3) is 14.9. The Morgan fingerprint density at radius 3 is 1.39 bits per heavy atom. The van der Waals surface area contributed by atoms with Crippen LogP contribution in [0.5, 0.6) is 11.5 Å². The molecule has 0 aliphatic heterocycles. The van der Waals surface area contributed by atoms with Crippen molar-refractivity contribution < 1.29 is 19.1 Å². The first-order valence-corrected chi connectivity index (χ1v) is 21.0. The van der Waals surface area contributed by atoms with Crippen LogP contribution < -0.4 is 9.47 Å². The molecule has 0 fully saturated rings. The third-order valence-electron chi connectivity index (χ3n) is 9.84. The van der Waals surface area contributed by atoms with Crippen molar-refractivity contribution in [1.29, 1.82) is 0 Å². The first kappa shape index (κ1) is 42.8. The lowest BCUT2D eigenvalue weighted by molar-refractivity contribution is 0.0733. The lowest BCUT2D eigenvalue weighted by Crippen LogP contribution is -2.10. The summed E-state index contributed by atoms with van der Waals surface area (Å²) in [5, 5.41) is 0.209. The molecular weight excluding hydrogens is 728 g/mol. The Morgan fingerprint density at radius 2 is 0.930 bits per heavy atom. The minimum atomic E-state index is -0.591. The molecule has 0 amide bonds. The number of ether oxygens (including phenoxy) is 2. The molecule has 5 aromatic rings. The number of rotatable bonds is 22. The van der Waals surface area contributed by atoms with Gasteiger partial charge in [-0.25, -0.2) is 9.59 Å². The number of carbonyl (C=O) groups is 2. The summed E-state index contributed by atoms with van der Waals surface area (Å²) in [4.78, 5) is 35.2. The highest BCUT2D eigenvalue weighted by molar-refractivity contribution is 6.32. The topological polar surface area (TPSA) is 77.3 Å². The largest absolute Gasteiger partial charge is 0.423 e. The molecule has 5 aromatic carbocycles. The van der Waals surface area contributed by atoms with Crippen LogP contribution in [-0.4, -0.2) is 24.4 Å². The summed E-state index contributed by atoms with van der Waals surface area (Å²) in [5.74, 6) is -0.870. The average Bonchev–Trinajstić information content (AvgIpc) is 3.24. The van der Waals surface area contributed by atoms with Crippen molar-refractivity contribution in [2.24, 2.45) is 9.98 Å². The summed E-state index contributed by atoms with van der Waals surface area (Å²) in [6.07, 6.45) is 21.2. The molecule has 0 radical (unpaired) electrons. The zero-order valence-corrected chi connectivity index (χ0v) is 34.2. The van der Waals surface area contributed by atoms with E-state index in [4.69, 9.17) is 21.1 Å². The Labute approximate surface area is 344 Å². The summed E-state index contributed by atoms with van der Waals surface area (Å²) in [5.41, 5.74) is 6.82. The predicted octanol–water partition coefficient (Wildman–Crippen LogP) is 14.1. The van der Waals surface area contributed by atoms with Crippen LogP contribution in [0.3, 0.4) is 0 Å². The van der Waals surface area contributed by atoms with Gasteiger partial charge in [0.15, 0.2) is 5.75 Å². The minimum Gasteiger partial charge on any atom is -0.423 e. The van der Waals surface area contributed by atoms with Gasteiger partial charge in [0.25, 0.3) is 0 Å². The molecule has 0 aliphatic carbocycles. The van der Waals surface area contributed by atoms with E-state index >= 15 is 0 Å². The number of unbranched alkanes of at least 4 members (excludes halogenated alkanes) is 10.